The lowest BCUT2D eigenvalue weighted by atomic mass is 9.93. The van der Waals surface area contributed by atoms with E-state index in [1.165, 1.54) is 32.1 Å². The molecule has 0 radical (unpaired) electrons. The molecule has 44 heavy (non-hydrogen) atoms. The molecule has 1 unspecified atom stereocenters. The maximum Gasteiger partial charge on any atom is 0.338 e. The Balaban J connectivity index is 1.28. The van der Waals surface area contributed by atoms with Crippen molar-refractivity contribution in [2.45, 2.75) is 77.3 Å². The van der Waals surface area contributed by atoms with Gasteiger partial charge in [0.2, 0.25) is 0 Å². The van der Waals surface area contributed by atoms with Crippen molar-refractivity contribution in [2.75, 3.05) is 25.5 Å². The van der Waals surface area contributed by atoms with Crippen LogP contribution in [0.25, 0.3) is 0 Å². The fraction of sp³-hybridized carbons (Fsp3) is 0.417. The number of ether oxygens (including phenoxy) is 2. The van der Waals surface area contributed by atoms with Crippen LogP contribution in [0.3, 0.4) is 0 Å². The Hall–Kier alpha value is -3.49. The summed E-state index contributed by atoms with van der Waals surface area (Å²) in [5.41, 5.74) is 10.2. The molecule has 0 amide bonds. The molecule has 0 saturated heterocycles. The smallest absolute Gasteiger partial charge is 0.338 e. The predicted octanol–water partition coefficient (Wildman–Crippen LogP) is 7.70. The molecular formula is C36H43BrN2O5. The molecule has 4 rings (SSSR count). The number of nitrogen functional groups attached to an aromatic ring is 1. The first-order valence-corrected chi connectivity index (χ1v) is 16.5. The molecule has 3 aromatic rings. The van der Waals surface area contributed by atoms with E-state index in [4.69, 9.17) is 15.2 Å². The number of rotatable bonds is 14. The summed E-state index contributed by atoms with van der Waals surface area (Å²) in [5, 5.41) is 0. The Kier molecular flexibility index (Phi) is 12.6. The number of nitrogens with zero attached hydrogens (tertiary/aromatic N) is 1. The van der Waals surface area contributed by atoms with Gasteiger partial charge in [-0.25, -0.2) is 4.79 Å². The number of ketones is 1. The Morgan fingerprint density at radius 2 is 1.59 bits per heavy atom. The van der Waals surface area contributed by atoms with E-state index in [0.29, 0.717) is 52.3 Å². The maximum absolute atomic E-state index is 12.9. The number of benzene rings is 3. The molecule has 2 N–H and O–H groups in total. The summed E-state index contributed by atoms with van der Waals surface area (Å²) in [6.07, 6.45) is 7.10. The molecule has 3 aromatic carbocycles. The SMILES string of the molecule is CCC(C(=O)OCCCOC(=O)c1cc(Br)c(N)c(CN(CC)C2CCCCC2)c1)c1cccc(C(=O)c2ccccc2)c1. The molecular weight excluding hydrogens is 620 g/mol. The molecule has 0 aliphatic heterocycles. The summed E-state index contributed by atoms with van der Waals surface area (Å²) in [6.45, 7) is 5.92. The monoisotopic (exact) mass is 662 g/mol. The molecule has 1 fully saturated rings. The number of carbonyl (C=O) groups excluding carboxylic acids is 3. The van der Waals surface area contributed by atoms with Gasteiger partial charge in [-0.15, -0.1) is 0 Å². The van der Waals surface area contributed by atoms with Crippen molar-refractivity contribution in [3.63, 3.8) is 0 Å². The minimum atomic E-state index is -0.497. The molecule has 0 bridgehead atoms. The van der Waals surface area contributed by atoms with Crippen LogP contribution in [0, 0.1) is 0 Å². The number of esters is 2. The summed E-state index contributed by atoms with van der Waals surface area (Å²) in [4.78, 5) is 41.2. The number of hydrogen-bond donors (Lipinski definition) is 1. The van der Waals surface area contributed by atoms with Gasteiger partial charge in [-0.05, 0) is 71.1 Å². The molecule has 1 aliphatic carbocycles. The third-order valence-electron chi connectivity index (χ3n) is 8.37. The van der Waals surface area contributed by atoms with Gasteiger partial charge in [-0.2, -0.15) is 0 Å². The van der Waals surface area contributed by atoms with E-state index in [1.807, 2.05) is 37.3 Å². The minimum absolute atomic E-state index is 0.0929. The van der Waals surface area contributed by atoms with Gasteiger partial charge >= 0.3 is 11.9 Å². The van der Waals surface area contributed by atoms with Crippen molar-refractivity contribution >= 4 is 39.3 Å². The molecule has 1 saturated carbocycles. The van der Waals surface area contributed by atoms with Crippen LogP contribution in [0.15, 0.2) is 71.2 Å². The van der Waals surface area contributed by atoms with Gasteiger partial charge in [-0.3, -0.25) is 14.5 Å². The van der Waals surface area contributed by atoms with Crippen LogP contribution in [0.4, 0.5) is 5.69 Å². The lowest BCUT2D eigenvalue weighted by Crippen LogP contribution is -2.36. The second-order valence-corrected chi connectivity index (χ2v) is 12.2. The Morgan fingerprint density at radius 3 is 2.30 bits per heavy atom. The molecule has 1 atom stereocenters. The van der Waals surface area contributed by atoms with Gasteiger partial charge in [0.05, 0.1) is 30.4 Å². The van der Waals surface area contributed by atoms with E-state index in [1.54, 1.807) is 36.4 Å². The normalized spacial score (nSPS) is 14.3. The summed E-state index contributed by atoms with van der Waals surface area (Å²) in [6, 6.07) is 20.3. The van der Waals surface area contributed by atoms with Crippen LogP contribution in [-0.4, -0.2) is 48.4 Å². The molecule has 234 valence electrons. The number of anilines is 1. The summed E-state index contributed by atoms with van der Waals surface area (Å²) in [7, 11) is 0. The molecule has 0 heterocycles. The zero-order chi connectivity index (χ0) is 31.5. The summed E-state index contributed by atoms with van der Waals surface area (Å²) < 4.78 is 11.7. The Morgan fingerprint density at radius 1 is 0.886 bits per heavy atom. The topological polar surface area (TPSA) is 98.9 Å². The Labute approximate surface area is 269 Å². The minimum Gasteiger partial charge on any atom is -0.465 e. The van der Waals surface area contributed by atoms with Crippen LogP contribution in [0.5, 0.6) is 0 Å². The standard InChI is InChI=1S/C36H43BrN2O5/c1-3-31(26-15-11-16-27(21-26)34(40)25-13-7-5-8-14-25)36(42)44-20-12-19-43-35(41)28-22-29(33(38)32(37)23-28)24-39(4-2)30-17-9-6-10-18-30/h5,7-8,11,13-16,21-23,30-31H,3-4,6,9-10,12,17-20,24,38H2,1-2H3. The zero-order valence-corrected chi connectivity index (χ0v) is 27.3. The highest BCUT2D eigenvalue weighted by Crippen LogP contribution is 2.30. The van der Waals surface area contributed by atoms with Crippen molar-refractivity contribution in [1.29, 1.82) is 0 Å². The first-order chi connectivity index (χ1) is 21.3. The van der Waals surface area contributed by atoms with E-state index in [-0.39, 0.29) is 25.0 Å². The lowest BCUT2D eigenvalue weighted by molar-refractivity contribution is -0.145. The first kappa shape index (κ1) is 33.4. The second kappa shape index (κ2) is 16.5. The van der Waals surface area contributed by atoms with Gasteiger partial charge in [0.15, 0.2) is 5.78 Å². The van der Waals surface area contributed by atoms with Crippen LogP contribution in [0.2, 0.25) is 0 Å². The van der Waals surface area contributed by atoms with Gasteiger partial charge in [0.25, 0.3) is 0 Å². The van der Waals surface area contributed by atoms with Crippen LogP contribution < -0.4 is 5.73 Å². The largest absolute Gasteiger partial charge is 0.465 e. The zero-order valence-electron chi connectivity index (χ0n) is 25.7. The van der Waals surface area contributed by atoms with E-state index in [2.05, 4.69) is 27.8 Å². The predicted molar refractivity (Wildman–Crippen MR) is 177 cm³/mol. The van der Waals surface area contributed by atoms with Crippen molar-refractivity contribution < 1.29 is 23.9 Å². The van der Waals surface area contributed by atoms with Crippen LogP contribution in [0.1, 0.15) is 102 Å². The van der Waals surface area contributed by atoms with Crippen molar-refractivity contribution in [3.05, 3.63) is 99.0 Å². The lowest BCUT2D eigenvalue weighted by Gasteiger charge is -2.34. The average Bonchev–Trinajstić information content (AvgIpc) is 3.06. The van der Waals surface area contributed by atoms with E-state index < -0.39 is 11.9 Å². The summed E-state index contributed by atoms with van der Waals surface area (Å²) in [5.74, 6) is -1.40. The van der Waals surface area contributed by atoms with Gasteiger partial charge in [0.1, 0.15) is 0 Å². The number of carbonyl (C=O) groups is 3. The number of hydrogen-bond acceptors (Lipinski definition) is 7. The average molecular weight is 664 g/mol. The molecule has 0 aromatic heterocycles. The van der Waals surface area contributed by atoms with E-state index in [9.17, 15) is 14.4 Å². The van der Waals surface area contributed by atoms with Crippen molar-refractivity contribution in [1.82, 2.24) is 4.90 Å². The third-order valence-corrected chi connectivity index (χ3v) is 9.02. The molecule has 0 spiro atoms. The maximum atomic E-state index is 12.9. The fourth-order valence-electron chi connectivity index (χ4n) is 5.86. The summed E-state index contributed by atoms with van der Waals surface area (Å²) >= 11 is 3.52. The van der Waals surface area contributed by atoms with Crippen molar-refractivity contribution in [3.8, 4) is 0 Å². The van der Waals surface area contributed by atoms with E-state index >= 15 is 0 Å². The van der Waals surface area contributed by atoms with Gasteiger partial charge < -0.3 is 15.2 Å². The first-order valence-electron chi connectivity index (χ1n) is 15.7. The van der Waals surface area contributed by atoms with Gasteiger partial charge in [-0.1, -0.05) is 81.6 Å². The van der Waals surface area contributed by atoms with Gasteiger partial charge in [0, 0.05) is 34.6 Å². The quantitative estimate of drug-likeness (QED) is 0.0817. The van der Waals surface area contributed by atoms with Crippen LogP contribution >= 0.6 is 15.9 Å². The molecule has 8 heteroatoms. The van der Waals surface area contributed by atoms with Crippen molar-refractivity contribution in [2.24, 2.45) is 0 Å². The highest BCUT2D eigenvalue weighted by Gasteiger charge is 2.23. The number of nitrogens with two attached hydrogens (primary N) is 1. The van der Waals surface area contributed by atoms with Crippen LogP contribution in [-0.2, 0) is 20.8 Å². The molecule has 7 nitrogen and oxygen atoms in total. The van der Waals surface area contributed by atoms with E-state index in [0.717, 1.165) is 17.7 Å². The highest BCUT2D eigenvalue weighted by atomic mass is 79.9. The third kappa shape index (κ3) is 8.79. The highest BCUT2D eigenvalue weighted by molar-refractivity contribution is 9.10. The molecule has 1 aliphatic rings. The Bertz CT molecular complexity index is 1420. The fourth-order valence-corrected chi connectivity index (χ4v) is 6.36. The second-order valence-electron chi connectivity index (χ2n) is 11.3. The number of halogens is 1.